The van der Waals surface area contributed by atoms with E-state index < -0.39 is 21.5 Å². The van der Waals surface area contributed by atoms with Gasteiger partial charge in [-0.25, -0.2) is 8.42 Å². The van der Waals surface area contributed by atoms with Crippen molar-refractivity contribution in [2.24, 2.45) is 0 Å². The SMILES string of the molecule is Cc1ccc2c(c1)OC(C)(C)CC2NC(=O)CN(c1ccc(C)c(C)c1)S(=O)(=O)c1ccc(Cl)cc1. The molecule has 3 aromatic rings. The third kappa shape index (κ3) is 5.52. The molecule has 0 aromatic heterocycles. The Balaban J connectivity index is 1.67. The number of carbonyl (C=O) groups is 1. The van der Waals surface area contributed by atoms with Gasteiger partial charge in [0.1, 0.15) is 17.9 Å². The summed E-state index contributed by atoms with van der Waals surface area (Å²) in [5.74, 6) is 0.330. The van der Waals surface area contributed by atoms with Crippen LogP contribution < -0.4 is 14.4 Å². The number of aryl methyl sites for hydroxylation is 3. The molecule has 0 saturated carbocycles. The van der Waals surface area contributed by atoms with Crippen LogP contribution in [0.15, 0.2) is 65.6 Å². The van der Waals surface area contributed by atoms with Crippen molar-refractivity contribution < 1.29 is 17.9 Å². The van der Waals surface area contributed by atoms with E-state index in [4.69, 9.17) is 16.3 Å². The van der Waals surface area contributed by atoms with Crippen molar-refractivity contribution in [1.29, 1.82) is 0 Å². The quantitative estimate of drug-likeness (QED) is 0.435. The van der Waals surface area contributed by atoms with Gasteiger partial charge in [-0.1, -0.05) is 29.8 Å². The maximum absolute atomic E-state index is 13.7. The Morgan fingerprint density at radius 2 is 1.72 bits per heavy atom. The van der Waals surface area contributed by atoms with Gasteiger partial charge in [-0.05, 0) is 93.8 Å². The van der Waals surface area contributed by atoms with Gasteiger partial charge in [-0.3, -0.25) is 9.10 Å². The molecule has 1 aliphatic heterocycles. The second kappa shape index (κ2) is 9.79. The van der Waals surface area contributed by atoms with Crippen LogP contribution in [-0.2, 0) is 14.8 Å². The standard InChI is InChI=1S/C28H31ClN2O4S/c1-18-6-13-24-25(16-28(4,5)35-26(24)14-18)30-27(32)17-31(22-10-7-19(2)20(3)15-22)36(33,34)23-11-8-21(29)9-12-23/h6-15,25H,16-17H2,1-5H3,(H,30,32). The van der Waals surface area contributed by atoms with Gasteiger partial charge in [0.2, 0.25) is 5.91 Å². The monoisotopic (exact) mass is 526 g/mol. The Morgan fingerprint density at radius 3 is 2.39 bits per heavy atom. The molecule has 0 radical (unpaired) electrons. The summed E-state index contributed by atoms with van der Waals surface area (Å²) in [6, 6.07) is 16.9. The topological polar surface area (TPSA) is 75.7 Å². The van der Waals surface area contributed by atoms with Gasteiger partial charge in [0, 0.05) is 17.0 Å². The molecule has 6 nitrogen and oxygen atoms in total. The van der Waals surface area contributed by atoms with Crippen LogP contribution in [0, 0.1) is 20.8 Å². The van der Waals surface area contributed by atoms with Crippen molar-refractivity contribution in [2.45, 2.75) is 57.6 Å². The summed E-state index contributed by atoms with van der Waals surface area (Å²) in [5.41, 5.74) is 3.84. The number of fused-ring (bicyclic) bond motifs is 1. The van der Waals surface area contributed by atoms with Crippen molar-refractivity contribution in [3.8, 4) is 5.75 Å². The number of hydrogen-bond acceptors (Lipinski definition) is 4. The van der Waals surface area contributed by atoms with Crippen LogP contribution in [0.5, 0.6) is 5.75 Å². The molecule has 1 aliphatic rings. The van der Waals surface area contributed by atoms with Crippen molar-refractivity contribution in [1.82, 2.24) is 5.32 Å². The molecule has 1 heterocycles. The molecule has 4 rings (SSSR count). The number of sulfonamides is 1. The Kier molecular flexibility index (Phi) is 7.08. The highest BCUT2D eigenvalue weighted by atomic mass is 35.5. The van der Waals surface area contributed by atoms with E-state index in [-0.39, 0.29) is 17.5 Å². The molecule has 36 heavy (non-hydrogen) atoms. The van der Waals surface area contributed by atoms with Crippen molar-refractivity contribution in [2.75, 3.05) is 10.8 Å². The summed E-state index contributed by atoms with van der Waals surface area (Å²) >= 11 is 5.98. The lowest BCUT2D eigenvalue weighted by molar-refractivity contribution is -0.120. The number of ether oxygens (including phenoxy) is 1. The molecule has 1 N–H and O–H groups in total. The zero-order valence-electron chi connectivity index (χ0n) is 21.1. The minimum absolute atomic E-state index is 0.0611. The average molecular weight is 527 g/mol. The van der Waals surface area contributed by atoms with Crippen molar-refractivity contribution in [3.63, 3.8) is 0 Å². The molecule has 0 aliphatic carbocycles. The number of carbonyl (C=O) groups excluding carboxylic acids is 1. The van der Waals surface area contributed by atoms with E-state index in [1.807, 2.05) is 58.9 Å². The lowest BCUT2D eigenvalue weighted by Crippen LogP contribution is -2.45. The summed E-state index contributed by atoms with van der Waals surface area (Å²) in [6.07, 6.45) is 0.558. The van der Waals surface area contributed by atoms with E-state index in [0.29, 0.717) is 17.1 Å². The zero-order valence-corrected chi connectivity index (χ0v) is 22.7. The molecule has 1 amide bonds. The minimum atomic E-state index is -4.04. The fourth-order valence-electron chi connectivity index (χ4n) is 4.39. The molecule has 3 aromatic carbocycles. The number of nitrogens with one attached hydrogen (secondary N) is 1. The fraction of sp³-hybridized carbons (Fsp3) is 0.321. The largest absolute Gasteiger partial charge is 0.487 e. The first kappa shape index (κ1) is 26.0. The van der Waals surface area contributed by atoms with Gasteiger partial charge in [-0.15, -0.1) is 0 Å². The molecule has 190 valence electrons. The van der Waals surface area contributed by atoms with Crippen LogP contribution in [0.1, 0.15) is 48.6 Å². The van der Waals surface area contributed by atoms with Crippen LogP contribution in [0.25, 0.3) is 0 Å². The van der Waals surface area contributed by atoms with Crippen LogP contribution in [0.4, 0.5) is 5.69 Å². The van der Waals surface area contributed by atoms with Crippen molar-refractivity contribution in [3.05, 3.63) is 87.9 Å². The van der Waals surface area contributed by atoms with Crippen molar-refractivity contribution >= 4 is 33.2 Å². The zero-order chi connectivity index (χ0) is 26.3. The Hall–Kier alpha value is -3.03. The number of halogens is 1. The number of rotatable bonds is 6. The van der Waals surface area contributed by atoms with Gasteiger partial charge >= 0.3 is 0 Å². The molecule has 1 unspecified atom stereocenters. The van der Waals surface area contributed by atoms with Gasteiger partial charge in [0.15, 0.2) is 0 Å². The second-order valence-corrected chi connectivity index (χ2v) is 12.3. The summed E-state index contributed by atoms with van der Waals surface area (Å²) in [4.78, 5) is 13.4. The third-order valence-electron chi connectivity index (χ3n) is 6.43. The van der Waals surface area contributed by atoms with E-state index in [2.05, 4.69) is 5.32 Å². The lowest BCUT2D eigenvalue weighted by Gasteiger charge is -2.38. The van der Waals surface area contributed by atoms with E-state index in [9.17, 15) is 13.2 Å². The molecule has 0 fully saturated rings. The number of benzene rings is 3. The fourth-order valence-corrected chi connectivity index (χ4v) is 5.93. The highest BCUT2D eigenvalue weighted by molar-refractivity contribution is 7.92. The van der Waals surface area contributed by atoms with Crippen LogP contribution in [0.2, 0.25) is 5.02 Å². The smallest absolute Gasteiger partial charge is 0.264 e. The Labute approximate surface area is 218 Å². The van der Waals surface area contributed by atoms with Gasteiger partial charge in [0.25, 0.3) is 10.0 Å². The van der Waals surface area contributed by atoms with Gasteiger partial charge in [0.05, 0.1) is 16.6 Å². The van der Waals surface area contributed by atoms with E-state index in [1.165, 1.54) is 24.3 Å². The first-order valence-electron chi connectivity index (χ1n) is 11.8. The summed E-state index contributed by atoms with van der Waals surface area (Å²) in [7, 11) is -4.04. The highest BCUT2D eigenvalue weighted by Gasteiger charge is 2.35. The normalized spacial score (nSPS) is 16.6. The number of anilines is 1. The first-order valence-corrected chi connectivity index (χ1v) is 13.6. The van der Waals surface area contributed by atoms with Crippen LogP contribution in [-0.4, -0.2) is 26.5 Å². The number of hydrogen-bond donors (Lipinski definition) is 1. The van der Waals surface area contributed by atoms with E-state index in [1.54, 1.807) is 12.1 Å². The van der Waals surface area contributed by atoms with E-state index >= 15 is 0 Å². The van der Waals surface area contributed by atoms with Gasteiger partial charge < -0.3 is 10.1 Å². The molecule has 8 heteroatoms. The second-order valence-electron chi connectivity index (χ2n) is 9.96. The van der Waals surface area contributed by atoms with Gasteiger partial charge in [-0.2, -0.15) is 0 Å². The predicted octanol–water partition coefficient (Wildman–Crippen LogP) is 5.88. The first-order chi connectivity index (χ1) is 16.9. The third-order valence-corrected chi connectivity index (χ3v) is 8.47. The van der Waals surface area contributed by atoms with E-state index in [0.717, 1.165) is 32.3 Å². The number of amides is 1. The maximum Gasteiger partial charge on any atom is 0.264 e. The summed E-state index contributed by atoms with van der Waals surface area (Å²) in [6.45, 7) is 9.44. The lowest BCUT2D eigenvalue weighted by atomic mass is 9.89. The maximum atomic E-state index is 13.7. The molecular formula is C28H31ClN2O4S. The number of nitrogens with zero attached hydrogens (tertiary/aromatic N) is 1. The summed E-state index contributed by atoms with van der Waals surface area (Å²) in [5, 5.41) is 3.49. The molecule has 0 spiro atoms. The molecular weight excluding hydrogens is 496 g/mol. The average Bonchev–Trinajstić information content (AvgIpc) is 2.78. The van der Waals surface area contributed by atoms with Crippen LogP contribution in [0.3, 0.4) is 0 Å². The molecule has 0 bridgehead atoms. The highest BCUT2D eigenvalue weighted by Crippen LogP contribution is 2.40. The Morgan fingerprint density at radius 1 is 1.03 bits per heavy atom. The Bertz CT molecular complexity index is 1400. The minimum Gasteiger partial charge on any atom is -0.487 e. The molecule has 1 atom stereocenters. The predicted molar refractivity (Wildman–Crippen MR) is 143 cm³/mol. The van der Waals surface area contributed by atoms with Crippen LogP contribution >= 0.6 is 11.6 Å². The summed E-state index contributed by atoms with van der Waals surface area (Å²) < 4.78 is 34.7. The molecule has 0 saturated heterocycles.